The maximum atomic E-state index is 5.69. The van der Waals surface area contributed by atoms with E-state index in [1.807, 2.05) is 36.5 Å². The molecule has 3 nitrogen and oxygen atoms in total. The van der Waals surface area contributed by atoms with Crippen LogP contribution in [0.4, 0.5) is 11.4 Å². The summed E-state index contributed by atoms with van der Waals surface area (Å²) in [5.41, 5.74) is 8.74. The van der Waals surface area contributed by atoms with Crippen LogP contribution in [0.1, 0.15) is 5.56 Å². The average molecular weight is 325 g/mol. The molecule has 0 bridgehead atoms. The summed E-state index contributed by atoms with van der Waals surface area (Å²) < 4.78 is 1.13. The Hall–Kier alpha value is -1.30. The first-order valence-electron chi connectivity index (χ1n) is 4.93. The van der Waals surface area contributed by atoms with E-state index in [1.165, 1.54) is 0 Å². The third-order valence-corrected chi connectivity index (χ3v) is 3.09. The van der Waals surface area contributed by atoms with Gasteiger partial charge in [0.15, 0.2) is 0 Å². The van der Waals surface area contributed by atoms with Crippen LogP contribution in [0, 0.1) is 3.57 Å². The molecule has 16 heavy (non-hydrogen) atoms. The highest BCUT2D eigenvalue weighted by Gasteiger charge is 1.99. The first-order chi connectivity index (χ1) is 7.75. The molecule has 4 heteroatoms. The van der Waals surface area contributed by atoms with E-state index in [-0.39, 0.29) is 0 Å². The second kappa shape index (κ2) is 5.16. The van der Waals surface area contributed by atoms with Gasteiger partial charge < -0.3 is 11.1 Å². The monoisotopic (exact) mass is 325 g/mol. The van der Waals surface area contributed by atoms with Gasteiger partial charge in [-0.3, -0.25) is 4.98 Å². The number of nitrogen functional groups attached to an aromatic ring is 1. The fourth-order valence-corrected chi connectivity index (χ4v) is 2.10. The van der Waals surface area contributed by atoms with Crippen LogP contribution in [-0.4, -0.2) is 4.98 Å². The van der Waals surface area contributed by atoms with E-state index in [2.05, 4.69) is 32.9 Å². The van der Waals surface area contributed by atoms with E-state index >= 15 is 0 Å². The summed E-state index contributed by atoms with van der Waals surface area (Å²) in [6, 6.07) is 9.82. The third kappa shape index (κ3) is 2.85. The number of pyridine rings is 1. The van der Waals surface area contributed by atoms with E-state index in [1.54, 1.807) is 6.20 Å². The highest BCUT2D eigenvalue weighted by Crippen LogP contribution is 2.21. The summed E-state index contributed by atoms with van der Waals surface area (Å²) in [4.78, 5) is 4.07. The Morgan fingerprint density at radius 3 is 2.88 bits per heavy atom. The van der Waals surface area contributed by atoms with Crippen molar-refractivity contribution in [2.45, 2.75) is 6.54 Å². The Morgan fingerprint density at radius 1 is 1.31 bits per heavy atom. The molecule has 82 valence electrons. The van der Waals surface area contributed by atoms with Gasteiger partial charge in [0.05, 0.1) is 0 Å². The van der Waals surface area contributed by atoms with Crippen molar-refractivity contribution in [3.8, 4) is 0 Å². The predicted octanol–water partition coefficient (Wildman–Crippen LogP) is 2.88. The van der Waals surface area contributed by atoms with E-state index in [0.717, 1.165) is 27.1 Å². The summed E-state index contributed by atoms with van der Waals surface area (Å²) in [5, 5.41) is 3.35. The Bertz CT molecular complexity index is 471. The summed E-state index contributed by atoms with van der Waals surface area (Å²) in [5.74, 6) is 0. The molecule has 0 amide bonds. The zero-order valence-electron chi connectivity index (χ0n) is 8.65. The number of rotatable bonds is 3. The number of anilines is 2. The number of hydrogen-bond donors (Lipinski definition) is 2. The van der Waals surface area contributed by atoms with Crippen molar-refractivity contribution in [1.82, 2.24) is 4.98 Å². The van der Waals surface area contributed by atoms with Crippen LogP contribution in [0.5, 0.6) is 0 Å². The van der Waals surface area contributed by atoms with Crippen LogP contribution >= 0.6 is 22.6 Å². The lowest BCUT2D eigenvalue weighted by atomic mass is 10.2. The van der Waals surface area contributed by atoms with Crippen molar-refractivity contribution in [1.29, 1.82) is 0 Å². The van der Waals surface area contributed by atoms with Crippen molar-refractivity contribution in [2.24, 2.45) is 0 Å². The van der Waals surface area contributed by atoms with Crippen LogP contribution in [0.15, 0.2) is 42.7 Å². The lowest BCUT2D eigenvalue weighted by Crippen LogP contribution is -2.01. The molecule has 0 aliphatic heterocycles. The number of nitrogens with one attached hydrogen (secondary N) is 1. The second-order valence-electron chi connectivity index (χ2n) is 3.45. The number of nitrogens with two attached hydrogens (primary N) is 1. The smallest absolute Gasteiger partial charge is 0.0480 e. The zero-order valence-corrected chi connectivity index (χ0v) is 10.8. The Labute approximate surface area is 108 Å². The van der Waals surface area contributed by atoms with Gasteiger partial charge in [0.1, 0.15) is 0 Å². The first kappa shape index (κ1) is 11.2. The lowest BCUT2D eigenvalue weighted by molar-refractivity contribution is 1.11. The molecule has 0 saturated carbocycles. The molecule has 0 saturated heterocycles. The van der Waals surface area contributed by atoms with Gasteiger partial charge in [-0.25, -0.2) is 0 Å². The van der Waals surface area contributed by atoms with Gasteiger partial charge in [-0.2, -0.15) is 0 Å². The molecule has 1 aromatic heterocycles. The molecule has 0 atom stereocenters. The highest BCUT2D eigenvalue weighted by molar-refractivity contribution is 14.1. The first-order valence-corrected chi connectivity index (χ1v) is 6.01. The van der Waals surface area contributed by atoms with Gasteiger partial charge in [-0.15, -0.1) is 0 Å². The molecule has 2 rings (SSSR count). The quantitative estimate of drug-likeness (QED) is 0.674. The molecule has 0 aliphatic rings. The van der Waals surface area contributed by atoms with Crippen molar-refractivity contribution >= 4 is 34.0 Å². The minimum atomic E-state index is 0.772. The van der Waals surface area contributed by atoms with E-state index in [0.29, 0.717) is 0 Å². The minimum absolute atomic E-state index is 0.772. The molecule has 0 unspecified atom stereocenters. The SMILES string of the molecule is Nc1ccc(NCc2cccnc2)c(I)c1. The largest absolute Gasteiger partial charge is 0.399 e. The molecule has 0 aliphatic carbocycles. The molecule has 2 aromatic rings. The molecule has 0 spiro atoms. The third-order valence-electron chi connectivity index (χ3n) is 2.20. The van der Waals surface area contributed by atoms with Crippen molar-refractivity contribution in [3.05, 3.63) is 51.9 Å². The molecular weight excluding hydrogens is 313 g/mol. The maximum Gasteiger partial charge on any atom is 0.0480 e. The number of aromatic nitrogens is 1. The van der Waals surface area contributed by atoms with Gasteiger partial charge >= 0.3 is 0 Å². The molecule has 3 N–H and O–H groups in total. The van der Waals surface area contributed by atoms with E-state index in [4.69, 9.17) is 5.73 Å². The number of benzene rings is 1. The molecular formula is C12H12IN3. The van der Waals surface area contributed by atoms with Crippen LogP contribution in [0.2, 0.25) is 0 Å². The van der Waals surface area contributed by atoms with Gasteiger partial charge in [0, 0.05) is 33.9 Å². The van der Waals surface area contributed by atoms with Gasteiger partial charge in [0.25, 0.3) is 0 Å². The summed E-state index contributed by atoms with van der Waals surface area (Å²) in [7, 11) is 0. The number of halogens is 1. The fourth-order valence-electron chi connectivity index (χ4n) is 1.37. The highest BCUT2D eigenvalue weighted by atomic mass is 127. The lowest BCUT2D eigenvalue weighted by Gasteiger charge is -2.08. The normalized spacial score (nSPS) is 10.1. The Kier molecular flexibility index (Phi) is 3.61. The van der Waals surface area contributed by atoms with Crippen LogP contribution in [-0.2, 0) is 6.54 Å². The van der Waals surface area contributed by atoms with Crippen molar-refractivity contribution < 1.29 is 0 Å². The number of hydrogen-bond acceptors (Lipinski definition) is 3. The van der Waals surface area contributed by atoms with Crippen LogP contribution in [0.3, 0.4) is 0 Å². The zero-order chi connectivity index (χ0) is 11.4. The molecule has 0 radical (unpaired) electrons. The van der Waals surface area contributed by atoms with Gasteiger partial charge in [-0.1, -0.05) is 6.07 Å². The second-order valence-corrected chi connectivity index (χ2v) is 4.62. The van der Waals surface area contributed by atoms with E-state index < -0.39 is 0 Å². The molecule has 1 aromatic carbocycles. The summed E-state index contributed by atoms with van der Waals surface area (Å²) in [6.45, 7) is 0.772. The Balaban J connectivity index is 2.05. The molecule has 1 heterocycles. The summed E-state index contributed by atoms with van der Waals surface area (Å²) >= 11 is 2.27. The predicted molar refractivity (Wildman–Crippen MR) is 75.1 cm³/mol. The van der Waals surface area contributed by atoms with Gasteiger partial charge in [-0.05, 0) is 52.4 Å². The topological polar surface area (TPSA) is 50.9 Å². The Morgan fingerprint density at radius 2 is 2.19 bits per heavy atom. The maximum absolute atomic E-state index is 5.69. The average Bonchev–Trinajstić information content (AvgIpc) is 2.29. The number of nitrogens with zero attached hydrogens (tertiary/aromatic N) is 1. The van der Waals surface area contributed by atoms with E-state index in [9.17, 15) is 0 Å². The summed E-state index contributed by atoms with van der Waals surface area (Å²) in [6.07, 6.45) is 3.63. The van der Waals surface area contributed by atoms with Gasteiger partial charge in [0.2, 0.25) is 0 Å². The van der Waals surface area contributed by atoms with Crippen molar-refractivity contribution in [2.75, 3.05) is 11.1 Å². The minimum Gasteiger partial charge on any atom is -0.399 e. The van der Waals surface area contributed by atoms with Crippen LogP contribution < -0.4 is 11.1 Å². The van der Waals surface area contributed by atoms with Crippen molar-refractivity contribution in [3.63, 3.8) is 0 Å². The standard InChI is InChI=1S/C12H12IN3/c13-11-6-10(14)3-4-12(11)16-8-9-2-1-5-15-7-9/h1-7,16H,8,14H2. The molecule has 0 fully saturated rings. The van der Waals surface area contributed by atoms with Crippen LogP contribution in [0.25, 0.3) is 0 Å². The fraction of sp³-hybridized carbons (Fsp3) is 0.0833.